The zero-order valence-corrected chi connectivity index (χ0v) is 6.90. The summed E-state index contributed by atoms with van der Waals surface area (Å²) in [6, 6.07) is 1.58. The quantitative estimate of drug-likeness (QED) is 0.500. The Morgan fingerprint density at radius 1 is 1.57 bits per heavy atom. The smallest absolute Gasteiger partial charge is 0.272 e. The summed E-state index contributed by atoms with van der Waals surface area (Å²) in [6.45, 7) is -0.273. The maximum Gasteiger partial charge on any atom is 0.272 e. The largest absolute Gasteiger partial charge is 0.505 e. The second kappa shape index (κ2) is 3.99. The summed E-state index contributed by atoms with van der Waals surface area (Å²) in [7, 11) is 0. The molecule has 0 spiro atoms. The van der Waals surface area contributed by atoms with E-state index in [0.29, 0.717) is 6.07 Å². The summed E-state index contributed by atoms with van der Waals surface area (Å²) >= 11 is 0. The number of nitro benzene ring substituents is 1. The van der Waals surface area contributed by atoms with E-state index in [0.717, 1.165) is 6.07 Å². The van der Waals surface area contributed by atoms with E-state index in [4.69, 9.17) is 10.3 Å². The van der Waals surface area contributed by atoms with Crippen LogP contribution in [0.1, 0.15) is 5.56 Å². The van der Waals surface area contributed by atoms with Crippen LogP contribution in [0, 0.1) is 15.9 Å². The van der Waals surface area contributed by atoms with Crippen molar-refractivity contribution in [3.8, 4) is 5.75 Å². The van der Waals surface area contributed by atoms with Gasteiger partial charge in [0.15, 0.2) is 11.6 Å². The van der Waals surface area contributed by atoms with Crippen molar-refractivity contribution in [3.63, 3.8) is 0 Å². The van der Waals surface area contributed by atoms with Gasteiger partial charge >= 0.3 is 0 Å². The lowest BCUT2D eigenvalue weighted by molar-refractivity contribution is -0.385. The molecule has 3 N–H and O–H groups in total. The fourth-order valence-corrected chi connectivity index (χ4v) is 0.965. The Labute approximate surface area is 77.7 Å². The highest BCUT2D eigenvalue weighted by Crippen LogP contribution is 2.26. The number of nitrogens with one attached hydrogen (secondary N) is 1. The Balaban J connectivity index is 3.20. The highest BCUT2D eigenvalue weighted by molar-refractivity contribution is 5.44. The molecule has 0 radical (unpaired) electrons. The molecular formula is C7H7FN2O4. The first kappa shape index (κ1) is 10.4. The maximum absolute atomic E-state index is 12.9. The lowest BCUT2D eigenvalue weighted by Gasteiger charge is -2.03. The molecule has 0 aliphatic rings. The average Bonchev–Trinajstić information content (AvgIpc) is 2.12. The Kier molecular flexibility index (Phi) is 2.95. The number of halogens is 1. The molecule has 0 fully saturated rings. The molecular weight excluding hydrogens is 195 g/mol. The van der Waals surface area contributed by atoms with Crippen molar-refractivity contribution in [2.45, 2.75) is 6.54 Å². The molecule has 0 heterocycles. The Hall–Kier alpha value is -1.73. The number of nitro groups is 1. The van der Waals surface area contributed by atoms with E-state index in [2.05, 4.69) is 0 Å². The first-order chi connectivity index (χ1) is 6.56. The number of hydroxylamine groups is 1. The first-order valence-electron chi connectivity index (χ1n) is 3.59. The van der Waals surface area contributed by atoms with Crippen LogP contribution in [0.25, 0.3) is 0 Å². The van der Waals surface area contributed by atoms with Gasteiger partial charge in [-0.15, -0.1) is 0 Å². The molecule has 0 bridgehead atoms. The van der Waals surface area contributed by atoms with E-state index >= 15 is 0 Å². The standard InChI is InChI=1S/C7H7FN2O4/c8-6-2-5(10(13)14)1-4(3-9-12)7(6)11/h1-2,9,11-12H,3H2. The van der Waals surface area contributed by atoms with E-state index in [1.807, 2.05) is 0 Å². The summed E-state index contributed by atoms with van der Waals surface area (Å²) in [5.41, 5.74) is 1.10. The molecule has 14 heavy (non-hydrogen) atoms. The van der Waals surface area contributed by atoms with Crippen molar-refractivity contribution in [2.24, 2.45) is 0 Å². The van der Waals surface area contributed by atoms with Crippen LogP contribution < -0.4 is 5.48 Å². The van der Waals surface area contributed by atoms with E-state index < -0.39 is 22.2 Å². The SMILES string of the molecule is O=[N+]([O-])c1cc(F)c(O)c(CNO)c1. The van der Waals surface area contributed by atoms with E-state index in [1.165, 1.54) is 0 Å². The number of aromatic hydroxyl groups is 1. The molecule has 0 saturated carbocycles. The Morgan fingerprint density at radius 2 is 2.21 bits per heavy atom. The molecule has 1 aromatic rings. The van der Waals surface area contributed by atoms with Gasteiger partial charge in [-0.25, -0.2) is 9.87 Å². The molecule has 0 unspecified atom stereocenters. The number of hydrogen-bond donors (Lipinski definition) is 3. The predicted octanol–water partition coefficient (Wildman–Crippen LogP) is 0.918. The number of rotatable bonds is 3. The molecule has 0 aliphatic carbocycles. The van der Waals surface area contributed by atoms with Crippen molar-refractivity contribution in [3.05, 3.63) is 33.6 Å². The monoisotopic (exact) mass is 202 g/mol. The normalized spacial score (nSPS) is 10.1. The van der Waals surface area contributed by atoms with Gasteiger partial charge in [0.05, 0.1) is 11.0 Å². The van der Waals surface area contributed by atoms with E-state index in [1.54, 1.807) is 5.48 Å². The molecule has 7 heteroatoms. The minimum absolute atomic E-state index is 0.0841. The molecule has 1 rings (SSSR count). The second-order valence-electron chi connectivity index (χ2n) is 2.53. The summed E-state index contributed by atoms with van der Waals surface area (Å²) < 4.78 is 12.9. The lowest BCUT2D eigenvalue weighted by atomic mass is 10.1. The van der Waals surface area contributed by atoms with Crippen LogP contribution in [-0.4, -0.2) is 15.2 Å². The van der Waals surface area contributed by atoms with Crippen LogP contribution in [-0.2, 0) is 6.54 Å². The lowest BCUT2D eigenvalue weighted by Crippen LogP contribution is -2.07. The Bertz CT molecular complexity index is 369. The molecule has 0 saturated heterocycles. The van der Waals surface area contributed by atoms with E-state index in [-0.39, 0.29) is 12.1 Å². The predicted molar refractivity (Wildman–Crippen MR) is 43.3 cm³/mol. The molecule has 6 nitrogen and oxygen atoms in total. The van der Waals surface area contributed by atoms with Crippen molar-refractivity contribution in [1.29, 1.82) is 0 Å². The molecule has 0 aromatic heterocycles. The minimum Gasteiger partial charge on any atom is -0.505 e. The zero-order valence-electron chi connectivity index (χ0n) is 6.90. The Morgan fingerprint density at radius 3 is 2.71 bits per heavy atom. The van der Waals surface area contributed by atoms with E-state index in [9.17, 15) is 14.5 Å². The van der Waals surface area contributed by atoms with Crippen molar-refractivity contribution in [1.82, 2.24) is 5.48 Å². The second-order valence-corrected chi connectivity index (χ2v) is 2.53. The third-order valence-electron chi connectivity index (χ3n) is 1.61. The number of non-ortho nitro benzene ring substituents is 1. The third-order valence-corrected chi connectivity index (χ3v) is 1.61. The summed E-state index contributed by atoms with van der Waals surface area (Å²) in [5, 5.41) is 27.7. The average molecular weight is 202 g/mol. The first-order valence-corrected chi connectivity index (χ1v) is 3.59. The van der Waals surface area contributed by atoms with Gasteiger partial charge in [0.25, 0.3) is 5.69 Å². The van der Waals surface area contributed by atoms with Crippen LogP contribution in [0.2, 0.25) is 0 Å². The molecule has 0 atom stereocenters. The van der Waals surface area contributed by atoms with Gasteiger partial charge in [-0.05, 0) is 0 Å². The number of phenols is 1. The van der Waals surface area contributed by atoms with Crippen molar-refractivity contribution < 1.29 is 19.6 Å². The van der Waals surface area contributed by atoms with Crippen LogP contribution in [0.3, 0.4) is 0 Å². The minimum atomic E-state index is -1.09. The zero-order chi connectivity index (χ0) is 10.7. The highest BCUT2D eigenvalue weighted by atomic mass is 19.1. The topological polar surface area (TPSA) is 95.6 Å². The van der Waals surface area contributed by atoms with Crippen LogP contribution in [0.15, 0.2) is 12.1 Å². The highest BCUT2D eigenvalue weighted by Gasteiger charge is 2.15. The molecule has 0 aliphatic heterocycles. The van der Waals surface area contributed by atoms with Gasteiger partial charge in [-0.3, -0.25) is 10.1 Å². The summed E-state index contributed by atoms with van der Waals surface area (Å²) in [5.74, 6) is -1.80. The number of benzene rings is 1. The number of phenolic OH excluding ortho intramolecular Hbond substituents is 1. The summed E-state index contributed by atoms with van der Waals surface area (Å²) in [4.78, 5) is 9.51. The van der Waals surface area contributed by atoms with Gasteiger partial charge in [-0.2, -0.15) is 0 Å². The van der Waals surface area contributed by atoms with Gasteiger partial charge < -0.3 is 10.3 Å². The number of nitrogens with zero attached hydrogens (tertiary/aromatic N) is 1. The third kappa shape index (κ3) is 1.95. The van der Waals surface area contributed by atoms with Gasteiger partial charge in [-0.1, -0.05) is 0 Å². The van der Waals surface area contributed by atoms with Gasteiger partial charge in [0.2, 0.25) is 0 Å². The summed E-state index contributed by atoms with van der Waals surface area (Å²) in [6.07, 6.45) is 0. The van der Waals surface area contributed by atoms with Crippen LogP contribution in [0.4, 0.5) is 10.1 Å². The van der Waals surface area contributed by atoms with Crippen LogP contribution in [0.5, 0.6) is 5.75 Å². The number of hydrogen-bond acceptors (Lipinski definition) is 5. The molecule has 0 amide bonds. The van der Waals surface area contributed by atoms with Crippen LogP contribution >= 0.6 is 0 Å². The van der Waals surface area contributed by atoms with Gasteiger partial charge in [0, 0.05) is 18.2 Å². The molecule has 76 valence electrons. The maximum atomic E-state index is 12.9. The van der Waals surface area contributed by atoms with Gasteiger partial charge in [0.1, 0.15) is 0 Å². The van der Waals surface area contributed by atoms with Crippen molar-refractivity contribution >= 4 is 5.69 Å². The fraction of sp³-hybridized carbons (Fsp3) is 0.143. The fourth-order valence-electron chi connectivity index (χ4n) is 0.965. The molecule has 1 aromatic carbocycles. The van der Waals surface area contributed by atoms with Crippen molar-refractivity contribution in [2.75, 3.05) is 0 Å².